The van der Waals surface area contributed by atoms with Crippen LogP contribution in [-0.2, 0) is 32.2 Å². The smallest absolute Gasteiger partial charge is 0.325 e. The minimum atomic E-state index is -1.24. The van der Waals surface area contributed by atoms with Crippen LogP contribution in [0.1, 0.15) is 31.9 Å². The summed E-state index contributed by atoms with van der Waals surface area (Å²) in [4.78, 5) is 12.2. The summed E-state index contributed by atoms with van der Waals surface area (Å²) in [5.41, 5.74) is 2.14. The van der Waals surface area contributed by atoms with Gasteiger partial charge in [-0.3, -0.25) is 4.79 Å². The number of carbonyl (C=O) groups is 1. The second kappa shape index (κ2) is 12.3. The number of esters is 1. The molecule has 0 unspecified atom stereocenters. The Labute approximate surface area is 193 Å². The molecule has 0 heterocycles. The molecule has 0 aliphatic carbocycles. The van der Waals surface area contributed by atoms with Gasteiger partial charge in [0, 0.05) is 11.8 Å². The zero-order chi connectivity index (χ0) is 22.9. The molecule has 0 aliphatic rings. The van der Waals surface area contributed by atoms with E-state index in [1.165, 1.54) is 7.11 Å². The Balaban J connectivity index is 2.09. The molecule has 0 saturated heterocycles. The van der Waals surface area contributed by atoms with Crippen LogP contribution in [0.4, 0.5) is 0 Å². The van der Waals surface area contributed by atoms with Crippen LogP contribution >= 0.6 is 15.9 Å². The fourth-order valence-corrected chi connectivity index (χ4v) is 4.21. The quantitative estimate of drug-likeness (QED) is 0.342. The van der Waals surface area contributed by atoms with Crippen LogP contribution in [-0.4, -0.2) is 41.3 Å². The molecule has 0 aromatic heterocycles. The standard InChI is InChI=1S/C25H33BrO5/c1-18(15-30-16-20-11-7-5-8-12-20)22(31-17-21-13-9-6-10-14-21)19(2)23(27)25(3,26)24(28)29-4/h5-14,18-19,22-23,27H,15-17H2,1-4H3/t18-,19-,22-,23+,25-/m0/s1. The number of hydrogen-bond donors (Lipinski definition) is 1. The molecule has 0 radical (unpaired) electrons. The van der Waals surface area contributed by atoms with Crippen molar-refractivity contribution in [1.29, 1.82) is 0 Å². The lowest BCUT2D eigenvalue weighted by molar-refractivity contribution is -0.149. The molecule has 1 N–H and O–H groups in total. The van der Waals surface area contributed by atoms with Gasteiger partial charge in [0.15, 0.2) is 0 Å². The molecule has 170 valence electrons. The summed E-state index contributed by atoms with van der Waals surface area (Å²) >= 11 is 3.36. The maximum Gasteiger partial charge on any atom is 0.325 e. The van der Waals surface area contributed by atoms with Crippen molar-refractivity contribution in [1.82, 2.24) is 0 Å². The molecule has 0 fully saturated rings. The van der Waals surface area contributed by atoms with E-state index in [4.69, 9.17) is 14.2 Å². The third-order valence-electron chi connectivity index (χ3n) is 5.49. The maximum absolute atomic E-state index is 12.2. The van der Waals surface area contributed by atoms with E-state index in [-0.39, 0.29) is 17.9 Å². The monoisotopic (exact) mass is 492 g/mol. The number of halogens is 1. The minimum Gasteiger partial charge on any atom is -0.468 e. The van der Waals surface area contributed by atoms with E-state index in [9.17, 15) is 9.90 Å². The fourth-order valence-electron chi connectivity index (χ4n) is 3.63. The summed E-state index contributed by atoms with van der Waals surface area (Å²) in [6.07, 6.45) is -1.36. The summed E-state index contributed by atoms with van der Waals surface area (Å²) in [6, 6.07) is 19.9. The highest BCUT2D eigenvalue weighted by Crippen LogP contribution is 2.33. The van der Waals surface area contributed by atoms with Crippen LogP contribution in [0, 0.1) is 11.8 Å². The van der Waals surface area contributed by atoms with Crippen LogP contribution in [0.2, 0.25) is 0 Å². The first-order valence-electron chi connectivity index (χ1n) is 10.5. The first-order valence-corrected chi connectivity index (χ1v) is 11.3. The first-order chi connectivity index (χ1) is 14.8. The number of benzene rings is 2. The number of carbonyl (C=O) groups excluding carboxylic acids is 1. The Morgan fingerprint density at radius 3 is 2.03 bits per heavy atom. The molecule has 6 heteroatoms. The van der Waals surface area contributed by atoms with Gasteiger partial charge in [-0.1, -0.05) is 90.4 Å². The summed E-state index contributed by atoms with van der Waals surface area (Å²) in [6.45, 7) is 6.91. The third kappa shape index (κ3) is 7.42. The molecule has 2 rings (SSSR count). The normalized spacial score (nSPS) is 17.2. The topological polar surface area (TPSA) is 65.0 Å². The second-order valence-electron chi connectivity index (χ2n) is 8.11. The van der Waals surface area contributed by atoms with Gasteiger partial charge >= 0.3 is 5.97 Å². The summed E-state index contributed by atoms with van der Waals surface area (Å²) in [7, 11) is 1.31. The number of hydrogen-bond acceptors (Lipinski definition) is 5. The van der Waals surface area contributed by atoms with Crippen LogP contribution in [0.25, 0.3) is 0 Å². The van der Waals surface area contributed by atoms with Crippen LogP contribution in [0.3, 0.4) is 0 Å². The first kappa shape index (κ1) is 25.5. The van der Waals surface area contributed by atoms with E-state index in [1.807, 2.05) is 74.5 Å². The Bertz CT molecular complexity index is 781. The van der Waals surface area contributed by atoms with Crippen molar-refractivity contribution in [2.45, 2.75) is 50.5 Å². The molecule has 0 saturated carbocycles. The highest BCUT2D eigenvalue weighted by atomic mass is 79.9. The maximum atomic E-state index is 12.2. The van der Waals surface area contributed by atoms with Gasteiger partial charge < -0.3 is 19.3 Å². The molecule has 2 aromatic rings. The van der Waals surface area contributed by atoms with Gasteiger partial charge in [0.05, 0.1) is 39.1 Å². The van der Waals surface area contributed by atoms with Crippen LogP contribution in [0.5, 0.6) is 0 Å². The van der Waals surface area contributed by atoms with Crippen molar-refractivity contribution in [2.75, 3.05) is 13.7 Å². The molecule has 0 amide bonds. The van der Waals surface area contributed by atoms with Crippen molar-refractivity contribution < 1.29 is 24.1 Å². The van der Waals surface area contributed by atoms with Gasteiger partial charge in [0.2, 0.25) is 0 Å². The van der Waals surface area contributed by atoms with Crippen molar-refractivity contribution in [3.05, 3.63) is 71.8 Å². The highest BCUT2D eigenvalue weighted by molar-refractivity contribution is 9.10. The SMILES string of the molecule is COC(=O)[C@@](C)(Br)[C@H](O)[C@@H](C)[C@@H](OCc1ccccc1)[C@@H](C)COCc1ccccc1. The van der Waals surface area contributed by atoms with Gasteiger partial charge in [-0.25, -0.2) is 0 Å². The number of aliphatic hydroxyl groups excluding tert-OH is 1. The minimum absolute atomic E-state index is 0.0157. The predicted octanol–water partition coefficient (Wildman–Crippen LogP) is 4.75. The fraction of sp³-hybridized carbons (Fsp3) is 0.480. The van der Waals surface area contributed by atoms with E-state index < -0.39 is 16.4 Å². The molecule has 5 atom stereocenters. The number of aliphatic hydroxyl groups is 1. The van der Waals surface area contributed by atoms with Crippen molar-refractivity contribution in [3.63, 3.8) is 0 Å². The number of alkyl halides is 1. The van der Waals surface area contributed by atoms with Crippen molar-refractivity contribution in [2.24, 2.45) is 11.8 Å². The van der Waals surface area contributed by atoms with E-state index in [0.717, 1.165) is 11.1 Å². The van der Waals surface area contributed by atoms with E-state index in [2.05, 4.69) is 15.9 Å². The summed E-state index contributed by atoms with van der Waals surface area (Å²) in [5.74, 6) is -0.901. The number of methoxy groups -OCH3 is 1. The zero-order valence-corrected chi connectivity index (χ0v) is 20.2. The number of rotatable bonds is 12. The molecule has 0 aliphatic heterocycles. The Kier molecular flexibility index (Phi) is 10.2. The Morgan fingerprint density at radius 2 is 1.52 bits per heavy atom. The Morgan fingerprint density at radius 1 is 1.00 bits per heavy atom. The molecular weight excluding hydrogens is 460 g/mol. The van der Waals surface area contributed by atoms with Gasteiger partial charge in [-0.15, -0.1) is 0 Å². The largest absolute Gasteiger partial charge is 0.468 e. The predicted molar refractivity (Wildman–Crippen MR) is 125 cm³/mol. The molecule has 5 nitrogen and oxygen atoms in total. The van der Waals surface area contributed by atoms with Crippen molar-refractivity contribution in [3.8, 4) is 0 Å². The molecule has 2 aromatic carbocycles. The Hall–Kier alpha value is -1.73. The molecule has 0 spiro atoms. The lowest BCUT2D eigenvalue weighted by atomic mass is 9.84. The zero-order valence-electron chi connectivity index (χ0n) is 18.7. The van der Waals surface area contributed by atoms with Gasteiger partial charge in [0.25, 0.3) is 0 Å². The lowest BCUT2D eigenvalue weighted by Gasteiger charge is -2.37. The van der Waals surface area contributed by atoms with Crippen LogP contribution in [0.15, 0.2) is 60.7 Å². The van der Waals surface area contributed by atoms with Crippen molar-refractivity contribution >= 4 is 21.9 Å². The van der Waals surface area contributed by atoms with E-state index in [1.54, 1.807) is 6.92 Å². The molecule has 31 heavy (non-hydrogen) atoms. The summed E-state index contributed by atoms with van der Waals surface area (Å²) in [5, 5.41) is 11.0. The van der Waals surface area contributed by atoms with Gasteiger partial charge in [0.1, 0.15) is 4.32 Å². The van der Waals surface area contributed by atoms with Crippen LogP contribution < -0.4 is 0 Å². The average molecular weight is 493 g/mol. The lowest BCUT2D eigenvalue weighted by Crippen LogP contribution is -2.50. The average Bonchev–Trinajstić information content (AvgIpc) is 2.79. The van der Waals surface area contributed by atoms with E-state index >= 15 is 0 Å². The number of ether oxygens (including phenoxy) is 3. The second-order valence-corrected chi connectivity index (χ2v) is 9.76. The van der Waals surface area contributed by atoms with Gasteiger partial charge in [-0.05, 0) is 18.1 Å². The third-order valence-corrected chi connectivity index (χ3v) is 6.29. The van der Waals surface area contributed by atoms with Gasteiger partial charge in [-0.2, -0.15) is 0 Å². The molecular formula is C25H33BrO5. The summed E-state index contributed by atoms with van der Waals surface area (Å²) < 4.78 is 15.8. The highest BCUT2D eigenvalue weighted by Gasteiger charge is 2.45. The molecule has 0 bridgehead atoms. The van der Waals surface area contributed by atoms with E-state index in [0.29, 0.717) is 19.8 Å².